The summed E-state index contributed by atoms with van der Waals surface area (Å²) in [6, 6.07) is 0.817. The normalized spacial score (nSPS) is 22.3. The molecule has 0 unspecified atom stereocenters. The maximum atomic E-state index is 3.80. The molecule has 0 aromatic carbocycles. The van der Waals surface area contributed by atoms with Crippen molar-refractivity contribution in [3.8, 4) is 0 Å². The van der Waals surface area contributed by atoms with Crippen LogP contribution >= 0.6 is 0 Å². The third-order valence-corrected chi connectivity index (χ3v) is 4.47. The van der Waals surface area contributed by atoms with Crippen molar-refractivity contribution in [2.75, 3.05) is 26.2 Å². The minimum Gasteiger partial charge on any atom is -0.313 e. The van der Waals surface area contributed by atoms with E-state index >= 15 is 0 Å². The molecule has 0 heterocycles. The van der Waals surface area contributed by atoms with Gasteiger partial charge in [0.1, 0.15) is 0 Å². The summed E-state index contributed by atoms with van der Waals surface area (Å²) in [7, 11) is 0. The summed E-state index contributed by atoms with van der Waals surface area (Å²) in [6.45, 7) is 7.43. The molecule has 2 fully saturated rings. The quantitative estimate of drug-likeness (QED) is 0.666. The zero-order valence-electron chi connectivity index (χ0n) is 12.3. The number of nitrogens with one attached hydrogen (secondary N) is 1. The van der Waals surface area contributed by atoms with E-state index in [0.717, 1.165) is 12.0 Å². The van der Waals surface area contributed by atoms with E-state index in [1.54, 1.807) is 0 Å². The molecule has 2 nitrogen and oxygen atoms in total. The molecule has 2 aliphatic carbocycles. The summed E-state index contributed by atoms with van der Waals surface area (Å²) >= 11 is 0. The largest absolute Gasteiger partial charge is 0.313 e. The van der Waals surface area contributed by atoms with Crippen molar-refractivity contribution >= 4 is 0 Å². The molecule has 0 radical (unpaired) electrons. The molecule has 0 aromatic heterocycles. The summed E-state index contributed by atoms with van der Waals surface area (Å²) in [4.78, 5) is 2.68. The first-order chi connectivity index (χ1) is 8.88. The Kier molecular flexibility index (Phi) is 6.50. The fraction of sp³-hybridized carbons (Fsp3) is 1.00. The Hall–Kier alpha value is -0.0800. The number of rotatable bonds is 8. The smallest absolute Gasteiger partial charge is 0.0107 e. The molecule has 106 valence electrons. The van der Waals surface area contributed by atoms with Crippen LogP contribution in [0.2, 0.25) is 0 Å². The van der Waals surface area contributed by atoms with Crippen LogP contribution in [-0.2, 0) is 0 Å². The van der Waals surface area contributed by atoms with Crippen LogP contribution in [0, 0.1) is 5.92 Å². The van der Waals surface area contributed by atoms with Gasteiger partial charge in [0.05, 0.1) is 0 Å². The van der Waals surface area contributed by atoms with E-state index < -0.39 is 0 Å². The van der Waals surface area contributed by atoms with Crippen LogP contribution in [-0.4, -0.2) is 37.1 Å². The Labute approximate surface area is 114 Å². The molecule has 0 atom stereocenters. The molecule has 2 heteroatoms. The van der Waals surface area contributed by atoms with Gasteiger partial charge >= 0.3 is 0 Å². The second-order valence-corrected chi connectivity index (χ2v) is 6.39. The first-order valence-electron chi connectivity index (χ1n) is 8.34. The first kappa shape index (κ1) is 14.3. The lowest BCUT2D eigenvalue weighted by Crippen LogP contribution is -2.38. The zero-order valence-corrected chi connectivity index (χ0v) is 12.3. The molecule has 0 aromatic rings. The Balaban J connectivity index is 1.58. The van der Waals surface area contributed by atoms with E-state index in [1.807, 2.05) is 0 Å². The maximum Gasteiger partial charge on any atom is 0.0107 e. The van der Waals surface area contributed by atoms with Crippen molar-refractivity contribution in [1.29, 1.82) is 0 Å². The van der Waals surface area contributed by atoms with Crippen LogP contribution in [0.1, 0.15) is 64.7 Å². The van der Waals surface area contributed by atoms with Crippen molar-refractivity contribution in [1.82, 2.24) is 10.2 Å². The van der Waals surface area contributed by atoms with E-state index in [9.17, 15) is 0 Å². The van der Waals surface area contributed by atoms with Crippen molar-refractivity contribution < 1.29 is 0 Å². The van der Waals surface area contributed by atoms with Gasteiger partial charge in [-0.05, 0) is 44.6 Å². The van der Waals surface area contributed by atoms with Crippen molar-refractivity contribution in [3.05, 3.63) is 0 Å². The second-order valence-electron chi connectivity index (χ2n) is 6.39. The highest BCUT2D eigenvalue weighted by Crippen LogP contribution is 2.29. The monoisotopic (exact) mass is 252 g/mol. The maximum absolute atomic E-state index is 3.80. The highest BCUT2D eigenvalue weighted by molar-refractivity contribution is 4.78. The van der Waals surface area contributed by atoms with Crippen molar-refractivity contribution in [2.45, 2.75) is 70.8 Å². The zero-order chi connectivity index (χ0) is 12.6. The number of nitrogens with zero attached hydrogens (tertiary/aromatic N) is 1. The Morgan fingerprint density at radius 3 is 2.28 bits per heavy atom. The summed E-state index contributed by atoms with van der Waals surface area (Å²) in [5, 5.41) is 3.80. The predicted octanol–water partition coefficient (Wildman–Crippen LogP) is 3.42. The van der Waals surface area contributed by atoms with Gasteiger partial charge in [-0.3, -0.25) is 0 Å². The van der Waals surface area contributed by atoms with Gasteiger partial charge in [0.2, 0.25) is 0 Å². The van der Waals surface area contributed by atoms with Gasteiger partial charge < -0.3 is 10.2 Å². The molecule has 0 spiro atoms. The highest BCUT2D eigenvalue weighted by atomic mass is 15.1. The van der Waals surface area contributed by atoms with Crippen LogP contribution in [0.4, 0.5) is 0 Å². The summed E-state index contributed by atoms with van der Waals surface area (Å²) in [5.41, 5.74) is 0. The topological polar surface area (TPSA) is 15.3 Å². The molecule has 2 aliphatic rings. The summed E-state index contributed by atoms with van der Waals surface area (Å²) < 4.78 is 0. The van der Waals surface area contributed by atoms with Crippen LogP contribution in [0.15, 0.2) is 0 Å². The fourth-order valence-electron chi connectivity index (χ4n) is 3.19. The van der Waals surface area contributed by atoms with Gasteiger partial charge in [-0.2, -0.15) is 0 Å². The van der Waals surface area contributed by atoms with E-state index in [-0.39, 0.29) is 0 Å². The highest BCUT2D eigenvalue weighted by Gasteiger charge is 2.23. The van der Waals surface area contributed by atoms with Crippen LogP contribution in [0.25, 0.3) is 0 Å². The Morgan fingerprint density at radius 2 is 1.67 bits per heavy atom. The lowest BCUT2D eigenvalue weighted by molar-refractivity contribution is 0.257. The molecule has 2 rings (SSSR count). The summed E-state index contributed by atoms with van der Waals surface area (Å²) in [6.07, 6.45) is 12.9. The third kappa shape index (κ3) is 5.71. The lowest BCUT2D eigenvalue weighted by Gasteiger charge is -2.23. The van der Waals surface area contributed by atoms with Crippen molar-refractivity contribution in [3.63, 3.8) is 0 Å². The molecule has 0 aliphatic heterocycles. The molecule has 0 bridgehead atoms. The van der Waals surface area contributed by atoms with Crippen LogP contribution in [0.5, 0.6) is 0 Å². The minimum absolute atomic E-state index is 0.817. The first-order valence-corrected chi connectivity index (χ1v) is 8.34. The molecule has 1 N–H and O–H groups in total. The van der Waals surface area contributed by atoms with Crippen LogP contribution in [0.3, 0.4) is 0 Å². The van der Waals surface area contributed by atoms with E-state index in [0.29, 0.717) is 0 Å². The van der Waals surface area contributed by atoms with E-state index in [1.165, 1.54) is 84.0 Å². The van der Waals surface area contributed by atoms with Gasteiger partial charge in [-0.15, -0.1) is 0 Å². The molecular formula is C16H32N2. The van der Waals surface area contributed by atoms with Gasteiger partial charge in [0.25, 0.3) is 0 Å². The van der Waals surface area contributed by atoms with Gasteiger partial charge in [0, 0.05) is 25.7 Å². The average molecular weight is 252 g/mol. The van der Waals surface area contributed by atoms with E-state index in [2.05, 4.69) is 17.1 Å². The standard InChI is InChI=1S/C16H32N2/c1-2-12-18(14-15-9-10-15)13-11-17-16-7-5-3-4-6-8-16/h15-17H,2-14H2,1H3. The third-order valence-electron chi connectivity index (χ3n) is 4.47. The number of hydrogen-bond donors (Lipinski definition) is 1. The van der Waals surface area contributed by atoms with Gasteiger partial charge in [0.15, 0.2) is 0 Å². The molecule has 18 heavy (non-hydrogen) atoms. The lowest BCUT2D eigenvalue weighted by atomic mass is 10.1. The van der Waals surface area contributed by atoms with Crippen molar-refractivity contribution in [2.24, 2.45) is 5.92 Å². The SMILES string of the molecule is CCCN(CCNC1CCCCCC1)CC1CC1. The van der Waals surface area contributed by atoms with Gasteiger partial charge in [-0.25, -0.2) is 0 Å². The minimum atomic E-state index is 0.817. The van der Waals surface area contributed by atoms with E-state index in [4.69, 9.17) is 0 Å². The van der Waals surface area contributed by atoms with Gasteiger partial charge in [-0.1, -0.05) is 32.6 Å². The Bertz CT molecular complexity index is 205. The number of hydrogen-bond acceptors (Lipinski definition) is 2. The van der Waals surface area contributed by atoms with Crippen LogP contribution < -0.4 is 5.32 Å². The average Bonchev–Trinajstić information content (AvgIpc) is 3.16. The Morgan fingerprint density at radius 1 is 0.944 bits per heavy atom. The molecule has 0 amide bonds. The molecule has 0 saturated heterocycles. The molecular weight excluding hydrogens is 220 g/mol. The second kappa shape index (κ2) is 8.16. The predicted molar refractivity (Wildman–Crippen MR) is 78.9 cm³/mol. The molecule has 2 saturated carbocycles. The fourth-order valence-corrected chi connectivity index (χ4v) is 3.19. The summed E-state index contributed by atoms with van der Waals surface area (Å²) in [5.74, 6) is 1.04.